The van der Waals surface area contributed by atoms with E-state index in [0.29, 0.717) is 17.6 Å². The van der Waals surface area contributed by atoms with Crippen LogP contribution in [0.3, 0.4) is 0 Å². The Kier molecular flexibility index (Phi) is 4.47. The Hall–Kier alpha value is -2.16. The topological polar surface area (TPSA) is 69.6 Å². The molecule has 0 unspecified atom stereocenters. The first-order valence-electron chi connectivity index (χ1n) is 8.48. The predicted octanol–water partition coefficient (Wildman–Crippen LogP) is 5.12. The fraction of sp³-hybridized carbons (Fsp3) is 0.222. The summed E-state index contributed by atoms with van der Waals surface area (Å²) in [5, 5.41) is 12.8. The van der Waals surface area contributed by atoms with Crippen LogP contribution in [0.4, 0.5) is 0 Å². The van der Waals surface area contributed by atoms with Gasteiger partial charge in [-0.3, -0.25) is 4.57 Å². The largest absolute Gasteiger partial charge is 0.467 e. The predicted molar refractivity (Wildman–Crippen MR) is 104 cm³/mol. The van der Waals surface area contributed by atoms with E-state index >= 15 is 0 Å². The van der Waals surface area contributed by atoms with Crippen LogP contribution in [0.1, 0.15) is 30.3 Å². The van der Waals surface area contributed by atoms with Crippen molar-refractivity contribution in [3.05, 3.63) is 58.7 Å². The van der Waals surface area contributed by atoms with Crippen LogP contribution in [-0.4, -0.2) is 24.7 Å². The molecule has 27 heavy (non-hydrogen) atoms. The fourth-order valence-corrected chi connectivity index (χ4v) is 4.55. The van der Waals surface area contributed by atoms with Gasteiger partial charge in [-0.1, -0.05) is 17.7 Å². The summed E-state index contributed by atoms with van der Waals surface area (Å²) in [7, 11) is 0. The number of halogens is 1. The number of nitrogens with zero attached hydrogens (tertiary/aromatic N) is 5. The van der Waals surface area contributed by atoms with Crippen molar-refractivity contribution >= 4 is 34.7 Å². The third-order valence-corrected chi connectivity index (χ3v) is 6.14. The monoisotopic (exact) mass is 415 g/mol. The molecule has 4 aromatic heterocycles. The fourth-order valence-electron chi connectivity index (χ4n) is 2.74. The van der Waals surface area contributed by atoms with Crippen LogP contribution >= 0.6 is 34.7 Å². The Labute approximate surface area is 168 Å². The lowest BCUT2D eigenvalue weighted by molar-refractivity contribution is 0.485. The molecule has 9 heteroatoms. The van der Waals surface area contributed by atoms with E-state index in [4.69, 9.17) is 16.0 Å². The van der Waals surface area contributed by atoms with Gasteiger partial charge in [-0.2, -0.15) is 0 Å². The Balaban J connectivity index is 1.52. The van der Waals surface area contributed by atoms with Crippen LogP contribution in [0.5, 0.6) is 0 Å². The number of furan rings is 1. The van der Waals surface area contributed by atoms with Crippen molar-refractivity contribution in [3.8, 4) is 10.7 Å². The minimum absolute atomic E-state index is 0.436. The lowest BCUT2D eigenvalue weighted by atomic mass is 10.4. The Morgan fingerprint density at radius 2 is 2.15 bits per heavy atom. The quantitative estimate of drug-likeness (QED) is 0.407. The molecule has 1 aliphatic rings. The first-order chi connectivity index (χ1) is 13.3. The van der Waals surface area contributed by atoms with Gasteiger partial charge in [0.05, 0.1) is 17.7 Å². The van der Waals surface area contributed by atoms with E-state index in [1.165, 1.54) is 11.8 Å². The van der Waals surface area contributed by atoms with Crippen molar-refractivity contribution in [2.75, 3.05) is 0 Å². The van der Waals surface area contributed by atoms with Gasteiger partial charge < -0.3 is 4.42 Å². The molecule has 136 valence electrons. The summed E-state index contributed by atoms with van der Waals surface area (Å²) in [6.07, 6.45) is 3.92. The molecule has 1 saturated carbocycles. The summed E-state index contributed by atoms with van der Waals surface area (Å²) in [4.78, 5) is 10.1. The highest BCUT2D eigenvalue weighted by Gasteiger charge is 2.27. The van der Waals surface area contributed by atoms with Gasteiger partial charge in [0.1, 0.15) is 21.8 Å². The van der Waals surface area contributed by atoms with Gasteiger partial charge >= 0.3 is 0 Å². The van der Waals surface area contributed by atoms with Crippen molar-refractivity contribution in [2.24, 2.45) is 0 Å². The molecule has 4 aromatic rings. The first-order valence-corrected chi connectivity index (χ1v) is 10.6. The molecule has 0 spiro atoms. The van der Waals surface area contributed by atoms with E-state index in [0.717, 1.165) is 45.3 Å². The maximum Gasteiger partial charge on any atom is 0.198 e. The zero-order valence-electron chi connectivity index (χ0n) is 14.1. The van der Waals surface area contributed by atoms with Gasteiger partial charge in [-0.15, -0.1) is 21.5 Å². The van der Waals surface area contributed by atoms with Crippen LogP contribution in [0.15, 0.2) is 56.6 Å². The second kappa shape index (κ2) is 7.10. The molecule has 6 nitrogen and oxygen atoms in total. The van der Waals surface area contributed by atoms with E-state index in [1.54, 1.807) is 23.7 Å². The van der Waals surface area contributed by atoms with Crippen LogP contribution in [0, 0.1) is 0 Å². The molecule has 0 aliphatic heterocycles. The Morgan fingerprint density at radius 3 is 2.89 bits per heavy atom. The van der Waals surface area contributed by atoms with E-state index in [1.807, 2.05) is 34.2 Å². The van der Waals surface area contributed by atoms with Crippen molar-refractivity contribution in [1.29, 1.82) is 0 Å². The highest BCUT2D eigenvalue weighted by molar-refractivity contribution is 7.99. The minimum atomic E-state index is 0.436. The summed E-state index contributed by atoms with van der Waals surface area (Å²) in [5.41, 5.74) is 0. The van der Waals surface area contributed by atoms with Crippen LogP contribution < -0.4 is 0 Å². The molecule has 1 aliphatic carbocycles. The van der Waals surface area contributed by atoms with Crippen molar-refractivity contribution in [2.45, 2.75) is 35.5 Å². The minimum Gasteiger partial charge on any atom is -0.467 e. The van der Waals surface area contributed by atoms with E-state index in [2.05, 4.69) is 20.2 Å². The lowest BCUT2D eigenvalue weighted by Crippen LogP contribution is -2.03. The molecule has 0 radical (unpaired) electrons. The summed E-state index contributed by atoms with van der Waals surface area (Å²) >= 11 is 9.28. The van der Waals surface area contributed by atoms with Crippen molar-refractivity contribution in [1.82, 2.24) is 24.7 Å². The average Bonchev–Trinajstić information content (AvgIpc) is 3.03. The molecule has 4 heterocycles. The molecule has 0 N–H and O–H groups in total. The van der Waals surface area contributed by atoms with Gasteiger partial charge in [0.2, 0.25) is 0 Å². The lowest BCUT2D eigenvalue weighted by Gasteiger charge is -2.08. The van der Waals surface area contributed by atoms with Gasteiger partial charge in [0.15, 0.2) is 11.0 Å². The molecule has 1 fully saturated rings. The average molecular weight is 416 g/mol. The number of thiophene rings is 1. The van der Waals surface area contributed by atoms with E-state index in [9.17, 15) is 0 Å². The number of aromatic nitrogens is 5. The van der Waals surface area contributed by atoms with Gasteiger partial charge in [-0.05, 0) is 48.2 Å². The normalized spacial score (nSPS) is 14.0. The zero-order chi connectivity index (χ0) is 18.2. The summed E-state index contributed by atoms with van der Waals surface area (Å²) in [5.74, 6) is 2.91. The van der Waals surface area contributed by atoms with Gasteiger partial charge in [-0.25, -0.2) is 9.97 Å². The first kappa shape index (κ1) is 17.0. The van der Waals surface area contributed by atoms with Crippen LogP contribution in [0.25, 0.3) is 10.7 Å². The molecule has 0 atom stereocenters. The number of hydrogen-bond acceptors (Lipinski definition) is 7. The highest BCUT2D eigenvalue weighted by Crippen LogP contribution is 2.40. The summed E-state index contributed by atoms with van der Waals surface area (Å²) in [6.45, 7) is 0.546. The second-order valence-electron chi connectivity index (χ2n) is 6.21. The van der Waals surface area contributed by atoms with Crippen LogP contribution in [-0.2, 0) is 6.54 Å². The molecule has 0 saturated heterocycles. The molecule has 0 amide bonds. The molecular formula is C18H14ClN5OS2. The zero-order valence-corrected chi connectivity index (χ0v) is 16.5. The van der Waals surface area contributed by atoms with Crippen LogP contribution in [0.2, 0.25) is 5.15 Å². The van der Waals surface area contributed by atoms with Crippen molar-refractivity contribution in [3.63, 3.8) is 0 Å². The molecular weight excluding hydrogens is 402 g/mol. The number of hydrogen-bond donors (Lipinski definition) is 0. The smallest absolute Gasteiger partial charge is 0.198 e. The SMILES string of the molecule is Clc1cc(Sc2nnc(-c3cccs3)n2Cc2ccco2)nc(C2CC2)n1. The Bertz CT molecular complexity index is 1060. The van der Waals surface area contributed by atoms with E-state index < -0.39 is 0 Å². The maximum atomic E-state index is 6.21. The summed E-state index contributed by atoms with van der Waals surface area (Å²) in [6, 6.07) is 9.64. The maximum absolute atomic E-state index is 6.21. The Morgan fingerprint density at radius 1 is 1.22 bits per heavy atom. The third kappa shape index (κ3) is 3.65. The van der Waals surface area contributed by atoms with Crippen molar-refractivity contribution < 1.29 is 4.42 Å². The molecule has 5 rings (SSSR count). The molecule has 0 aromatic carbocycles. The van der Waals surface area contributed by atoms with Gasteiger partial charge in [0, 0.05) is 12.0 Å². The van der Waals surface area contributed by atoms with E-state index in [-0.39, 0.29) is 0 Å². The highest BCUT2D eigenvalue weighted by atomic mass is 35.5. The summed E-state index contributed by atoms with van der Waals surface area (Å²) < 4.78 is 7.58. The third-order valence-electron chi connectivity index (χ3n) is 4.18. The molecule has 0 bridgehead atoms. The standard InChI is InChI=1S/C18H14ClN5OS2/c19-14-9-15(21-16(20-14)11-5-6-11)27-18-23-22-17(13-4-2-8-26-13)24(18)10-12-3-1-7-25-12/h1-4,7-9,11H,5-6,10H2. The second-order valence-corrected chi connectivity index (χ2v) is 8.53. The van der Waals surface area contributed by atoms with Gasteiger partial charge in [0.25, 0.3) is 0 Å². The number of rotatable bonds is 6.